The van der Waals surface area contributed by atoms with Gasteiger partial charge in [0.25, 0.3) is 0 Å². The maximum absolute atomic E-state index is 12.2. The molecule has 1 N–H and O–H groups in total. The largest absolute Gasteiger partial charge is 0.324 e. The monoisotopic (exact) mass is 339 g/mol. The van der Waals surface area contributed by atoms with Gasteiger partial charge in [0, 0.05) is 22.8 Å². The fourth-order valence-corrected chi connectivity index (χ4v) is 3.06. The van der Waals surface area contributed by atoms with E-state index in [-0.39, 0.29) is 17.9 Å². The van der Waals surface area contributed by atoms with Crippen LogP contribution >= 0.6 is 11.3 Å². The number of carbonyl (C=O) groups is 1. The van der Waals surface area contributed by atoms with E-state index in [1.54, 1.807) is 16.0 Å². The van der Waals surface area contributed by atoms with Crippen LogP contribution in [0.5, 0.6) is 0 Å². The fraction of sp³-hybridized carbons (Fsp3) is 0.263. The van der Waals surface area contributed by atoms with Gasteiger partial charge < -0.3 is 5.32 Å². The van der Waals surface area contributed by atoms with E-state index in [1.165, 1.54) is 5.56 Å². The standard InChI is InChI=1S/C19H21N3OS/c1-19(2,3)15-4-6-16(7-5-15)20-18(23)12-22-10-8-17(21-22)14-9-11-24-13-14/h4-11,13H,12H2,1-3H3,(H,20,23). The molecule has 4 nitrogen and oxygen atoms in total. The van der Waals surface area contributed by atoms with Crippen LogP contribution in [0.15, 0.2) is 53.4 Å². The number of anilines is 1. The highest BCUT2D eigenvalue weighted by molar-refractivity contribution is 7.08. The number of rotatable bonds is 4. The summed E-state index contributed by atoms with van der Waals surface area (Å²) in [6.07, 6.45) is 1.83. The normalized spacial score (nSPS) is 11.5. The van der Waals surface area contributed by atoms with Crippen LogP contribution in [0.25, 0.3) is 11.3 Å². The first-order valence-corrected chi connectivity index (χ1v) is 8.82. The van der Waals surface area contributed by atoms with Crippen molar-refractivity contribution in [2.75, 3.05) is 5.32 Å². The van der Waals surface area contributed by atoms with E-state index < -0.39 is 0 Å². The molecule has 24 heavy (non-hydrogen) atoms. The molecule has 2 aromatic heterocycles. The zero-order valence-electron chi connectivity index (χ0n) is 14.1. The van der Waals surface area contributed by atoms with Crippen LogP contribution in [0.4, 0.5) is 5.69 Å². The Bertz CT molecular complexity index is 811. The Labute approximate surface area is 146 Å². The van der Waals surface area contributed by atoms with Gasteiger partial charge in [0.05, 0.1) is 5.69 Å². The Morgan fingerprint density at radius 1 is 1.17 bits per heavy atom. The van der Waals surface area contributed by atoms with E-state index in [9.17, 15) is 4.79 Å². The Balaban J connectivity index is 1.62. The number of nitrogens with one attached hydrogen (secondary N) is 1. The van der Waals surface area contributed by atoms with Gasteiger partial charge in [-0.15, -0.1) is 0 Å². The van der Waals surface area contributed by atoms with Gasteiger partial charge in [-0.3, -0.25) is 9.48 Å². The summed E-state index contributed by atoms with van der Waals surface area (Å²) < 4.78 is 1.66. The molecule has 0 fully saturated rings. The average molecular weight is 339 g/mol. The minimum Gasteiger partial charge on any atom is -0.324 e. The smallest absolute Gasteiger partial charge is 0.246 e. The molecule has 3 aromatic rings. The molecule has 0 bridgehead atoms. The number of nitrogens with zero attached hydrogens (tertiary/aromatic N) is 2. The second-order valence-corrected chi connectivity index (χ2v) is 7.57. The molecule has 2 heterocycles. The topological polar surface area (TPSA) is 46.9 Å². The number of amides is 1. The zero-order chi connectivity index (χ0) is 17.2. The summed E-state index contributed by atoms with van der Waals surface area (Å²) in [5.41, 5.74) is 4.12. The molecule has 0 unspecified atom stereocenters. The van der Waals surface area contributed by atoms with Crippen LogP contribution in [0, 0.1) is 0 Å². The van der Waals surface area contributed by atoms with Crippen LogP contribution in [-0.4, -0.2) is 15.7 Å². The van der Waals surface area contributed by atoms with Crippen molar-refractivity contribution < 1.29 is 4.79 Å². The van der Waals surface area contributed by atoms with Crippen LogP contribution in [-0.2, 0) is 16.8 Å². The maximum Gasteiger partial charge on any atom is 0.246 e. The Morgan fingerprint density at radius 2 is 1.92 bits per heavy atom. The summed E-state index contributed by atoms with van der Waals surface area (Å²) >= 11 is 1.63. The molecule has 0 saturated carbocycles. The van der Waals surface area contributed by atoms with Crippen LogP contribution in [0.2, 0.25) is 0 Å². The van der Waals surface area contributed by atoms with Crippen molar-refractivity contribution in [1.82, 2.24) is 9.78 Å². The predicted octanol–water partition coefficient (Wildman–Crippen LogP) is 4.55. The summed E-state index contributed by atoms with van der Waals surface area (Å²) in [6.45, 7) is 6.71. The van der Waals surface area contributed by atoms with Crippen molar-refractivity contribution in [1.29, 1.82) is 0 Å². The third kappa shape index (κ3) is 3.92. The van der Waals surface area contributed by atoms with Gasteiger partial charge in [0.1, 0.15) is 6.54 Å². The molecule has 1 aromatic carbocycles. The van der Waals surface area contributed by atoms with Crippen molar-refractivity contribution in [2.45, 2.75) is 32.7 Å². The average Bonchev–Trinajstić information content (AvgIpc) is 3.17. The van der Waals surface area contributed by atoms with Crippen LogP contribution < -0.4 is 5.32 Å². The van der Waals surface area contributed by atoms with E-state index >= 15 is 0 Å². The van der Waals surface area contributed by atoms with E-state index in [2.05, 4.69) is 43.3 Å². The first-order valence-electron chi connectivity index (χ1n) is 7.88. The van der Waals surface area contributed by atoms with Crippen molar-refractivity contribution in [3.63, 3.8) is 0 Å². The number of benzene rings is 1. The van der Waals surface area contributed by atoms with Crippen molar-refractivity contribution in [2.24, 2.45) is 0 Å². The van der Waals surface area contributed by atoms with E-state index in [4.69, 9.17) is 0 Å². The summed E-state index contributed by atoms with van der Waals surface area (Å²) in [4.78, 5) is 12.2. The van der Waals surface area contributed by atoms with Gasteiger partial charge in [-0.25, -0.2) is 0 Å². The van der Waals surface area contributed by atoms with Gasteiger partial charge in [-0.05, 0) is 40.6 Å². The van der Waals surface area contributed by atoms with Gasteiger partial charge in [-0.1, -0.05) is 32.9 Å². The number of hydrogen-bond donors (Lipinski definition) is 1. The molecule has 0 spiro atoms. The van der Waals surface area contributed by atoms with Gasteiger partial charge in [-0.2, -0.15) is 16.4 Å². The van der Waals surface area contributed by atoms with E-state index in [0.717, 1.165) is 16.9 Å². The lowest BCUT2D eigenvalue weighted by atomic mass is 9.87. The Morgan fingerprint density at radius 3 is 2.54 bits per heavy atom. The number of hydrogen-bond acceptors (Lipinski definition) is 3. The summed E-state index contributed by atoms with van der Waals surface area (Å²) in [6, 6.07) is 11.9. The van der Waals surface area contributed by atoms with Crippen molar-refractivity contribution in [3.8, 4) is 11.3 Å². The van der Waals surface area contributed by atoms with Crippen LogP contribution in [0.3, 0.4) is 0 Å². The summed E-state index contributed by atoms with van der Waals surface area (Å²) in [7, 11) is 0. The zero-order valence-corrected chi connectivity index (χ0v) is 14.9. The molecule has 3 rings (SSSR count). The molecule has 0 aliphatic rings. The Hall–Kier alpha value is -2.40. The highest BCUT2D eigenvalue weighted by atomic mass is 32.1. The third-order valence-corrected chi connectivity index (χ3v) is 4.48. The minimum atomic E-state index is -0.0847. The van der Waals surface area contributed by atoms with Crippen molar-refractivity contribution >= 4 is 22.9 Å². The molecule has 0 aliphatic carbocycles. The van der Waals surface area contributed by atoms with Crippen LogP contribution in [0.1, 0.15) is 26.3 Å². The highest BCUT2D eigenvalue weighted by Crippen LogP contribution is 2.23. The maximum atomic E-state index is 12.2. The SMILES string of the molecule is CC(C)(C)c1ccc(NC(=O)Cn2ccc(-c3ccsc3)n2)cc1. The lowest BCUT2D eigenvalue weighted by Crippen LogP contribution is -2.19. The molecular formula is C19H21N3OS. The van der Waals surface area contributed by atoms with Gasteiger partial charge in [0.15, 0.2) is 0 Å². The second kappa shape index (κ2) is 6.61. The molecular weight excluding hydrogens is 318 g/mol. The first kappa shape index (κ1) is 16.5. The fourth-order valence-electron chi connectivity index (χ4n) is 2.42. The molecule has 0 saturated heterocycles. The molecule has 0 radical (unpaired) electrons. The molecule has 0 atom stereocenters. The molecule has 5 heteroatoms. The van der Waals surface area contributed by atoms with E-state index in [0.29, 0.717) is 0 Å². The first-order chi connectivity index (χ1) is 11.4. The quantitative estimate of drug-likeness (QED) is 0.758. The predicted molar refractivity (Wildman–Crippen MR) is 99.3 cm³/mol. The van der Waals surface area contributed by atoms with E-state index in [1.807, 2.05) is 41.2 Å². The molecule has 1 amide bonds. The lowest BCUT2D eigenvalue weighted by Gasteiger charge is -2.19. The lowest BCUT2D eigenvalue weighted by molar-refractivity contribution is -0.116. The van der Waals surface area contributed by atoms with Gasteiger partial charge >= 0.3 is 0 Å². The highest BCUT2D eigenvalue weighted by Gasteiger charge is 2.13. The Kier molecular flexibility index (Phi) is 4.53. The summed E-state index contributed by atoms with van der Waals surface area (Å²) in [5.74, 6) is -0.0847. The van der Waals surface area contributed by atoms with Gasteiger partial charge in [0.2, 0.25) is 5.91 Å². The second-order valence-electron chi connectivity index (χ2n) is 6.79. The summed E-state index contributed by atoms with van der Waals surface area (Å²) in [5, 5.41) is 11.4. The number of carbonyl (C=O) groups excluding carboxylic acids is 1. The molecule has 0 aliphatic heterocycles. The number of thiophene rings is 1. The third-order valence-electron chi connectivity index (χ3n) is 3.80. The number of aromatic nitrogens is 2. The van der Waals surface area contributed by atoms with Crippen molar-refractivity contribution in [3.05, 3.63) is 58.9 Å². The molecule has 124 valence electrons. The minimum absolute atomic E-state index is 0.0847.